The van der Waals surface area contributed by atoms with Gasteiger partial charge in [0, 0.05) is 17.3 Å². The summed E-state index contributed by atoms with van der Waals surface area (Å²) >= 11 is 1.66. The van der Waals surface area contributed by atoms with Gasteiger partial charge in [0.2, 0.25) is 0 Å². The molecule has 1 aromatic carbocycles. The lowest BCUT2D eigenvalue weighted by atomic mass is 10.1. The molecule has 1 atom stereocenters. The maximum absolute atomic E-state index is 6.01. The molecular weight excluding hydrogens is 272 g/mol. The van der Waals surface area contributed by atoms with Gasteiger partial charge in [-0.3, -0.25) is 0 Å². The van der Waals surface area contributed by atoms with Gasteiger partial charge in [-0.1, -0.05) is 6.07 Å². The van der Waals surface area contributed by atoms with Crippen LogP contribution in [0.2, 0.25) is 0 Å². The molecule has 0 aliphatic carbocycles. The van der Waals surface area contributed by atoms with Gasteiger partial charge in [0.05, 0.1) is 30.5 Å². The Morgan fingerprint density at radius 2 is 2.10 bits per heavy atom. The molecule has 0 saturated carbocycles. The fourth-order valence-corrected chi connectivity index (χ4v) is 2.86. The number of benzene rings is 1. The molecule has 0 saturated heterocycles. The number of aryl methyl sites for hydroxylation is 1. The van der Waals surface area contributed by atoms with E-state index < -0.39 is 0 Å². The van der Waals surface area contributed by atoms with Crippen molar-refractivity contribution in [2.24, 2.45) is 5.73 Å². The van der Waals surface area contributed by atoms with Crippen LogP contribution >= 0.6 is 11.3 Å². The summed E-state index contributed by atoms with van der Waals surface area (Å²) in [6.45, 7) is 4.55. The van der Waals surface area contributed by atoms with Crippen molar-refractivity contribution in [1.29, 1.82) is 0 Å². The second-order valence-corrected chi connectivity index (χ2v) is 5.56. The van der Waals surface area contributed by atoms with E-state index in [4.69, 9.17) is 15.2 Å². The quantitative estimate of drug-likeness (QED) is 0.889. The number of rotatable bonds is 6. The Labute approximate surface area is 123 Å². The summed E-state index contributed by atoms with van der Waals surface area (Å²) in [5.74, 6) is 1.56. The normalized spacial score (nSPS) is 12.2. The molecular formula is C15H20N2O2S. The lowest BCUT2D eigenvalue weighted by Crippen LogP contribution is -2.11. The van der Waals surface area contributed by atoms with E-state index in [9.17, 15) is 0 Å². The van der Waals surface area contributed by atoms with E-state index in [1.54, 1.807) is 18.4 Å². The standard InChI is InChI=1S/C15H20N2O2S/c1-10(16)15-12(18-3)5-4-6-13(15)19-8-7-14-11(2)17-9-20-14/h4-6,9-10H,7-8,16H2,1-3H3/t10-/m1/s1. The van der Waals surface area contributed by atoms with Gasteiger partial charge in [-0.25, -0.2) is 4.98 Å². The highest BCUT2D eigenvalue weighted by molar-refractivity contribution is 7.09. The van der Waals surface area contributed by atoms with Gasteiger partial charge in [0.15, 0.2) is 0 Å². The van der Waals surface area contributed by atoms with Crippen LogP contribution in [0.25, 0.3) is 0 Å². The monoisotopic (exact) mass is 292 g/mol. The van der Waals surface area contributed by atoms with E-state index >= 15 is 0 Å². The fraction of sp³-hybridized carbons (Fsp3) is 0.400. The van der Waals surface area contributed by atoms with E-state index in [2.05, 4.69) is 4.98 Å². The molecule has 5 heteroatoms. The highest BCUT2D eigenvalue weighted by atomic mass is 32.1. The minimum atomic E-state index is -0.133. The molecule has 1 heterocycles. The van der Waals surface area contributed by atoms with Crippen molar-refractivity contribution in [3.8, 4) is 11.5 Å². The van der Waals surface area contributed by atoms with Crippen molar-refractivity contribution in [3.05, 3.63) is 39.8 Å². The van der Waals surface area contributed by atoms with Crippen LogP contribution in [0.1, 0.15) is 29.1 Å². The molecule has 0 spiro atoms. The Morgan fingerprint density at radius 1 is 1.35 bits per heavy atom. The number of nitrogens with zero attached hydrogens (tertiary/aromatic N) is 1. The molecule has 0 aliphatic heterocycles. The van der Waals surface area contributed by atoms with Crippen molar-refractivity contribution in [2.45, 2.75) is 26.3 Å². The minimum Gasteiger partial charge on any atom is -0.496 e. The Hall–Kier alpha value is -1.59. The summed E-state index contributed by atoms with van der Waals surface area (Å²) in [6.07, 6.45) is 0.853. The molecule has 20 heavy (non-hydrogen) atoms. The van der Waals surface area contributed by atoms with Gasteiger partial charge in [-0.15, -0.1) is 11.3 Å². The SMILES string of the molecule is COc1cccc(OCCc2scnc2C)c1[C@@H](C)N. The van der Waals surface area contributed by atoms with Gasteiger partial charge in [0.25, 0.3) is 0 Å². The lowest BCUT2D eigenvalue weighted by Gasteiger charge is -2.17. The molecule has 1 aromatic heterocycles. The summed E-state index contributed by atoms with van der Waals surface area (Å²) < 4.78 is 11.2. The Kier molecular flexibility index (Phi) is 4.98. The van der Waals surface area contributed by atoms with Crippen molar-refractivity contribution < 1.29 is 9.47 Å². The van der Waals surface area contributed by atoms with E-state index in [0.717, 1.165) is 29.2 Å². The van der Waals surface area contributed by atoms with Crippen molar-refractivity contribution >= 4 is 11.3 Å². The highest BCUT2D eigenvalue weighted by Crippen LogP contribution is 2.33. The molecule has 4 nitrogen and oxygen atoms in total. The number of aromatic nitrogens is 1. The number of hydrogen-bond acceptors (Lipinski definition) is 5. The minimum absolute atomic E-state index is 0.133. The van der Waals surface area contributed by atoms with Crippen LogP contribution in [0, 0.1) is 6.92 Å². The van der Waals surface area contributed by atoms with Crippen LogP contribution in [0.4, 0.5) is 0 Å². The average Bonchev–Trinajstić information content (AvgIpc) is 2.84. The third kappa shape index (κ3) is 3.29. The molecule has 0 fully saturated rings. The maximum atomic E-state index is 6.01. The summed E-state index contributed by atoms with van der Waals surface area (Å²) in [7, 11) is 1.64. The number of methoxy groups -OCH3 is 1. The Morgan fingerprint density at radius 3 is 2.70 bits per heavy atom. The first-order valence-corrected chi connectivity index (χ1v) is 7.45. The van der Waals surface area contributed by atoms with Gasteiger partial charge in [0.1, 0.15) is 11.5 Å². The topological polar surface area (TPSA) is 57.4 Å². The van der Waals surface area contributed by atoms with Crippen LogP contribution < -0.4 is 15.2 Å². The summed E-state index contributed by atoms with van der Waals surface area (Å²) in [5.41, 5.74) is 9.87. The molecule has 2 rings (SSSR count). The highest BCUT2D eigenvalue weighted by Gasteiger charge is 2.14. The van der Waals surface area contributed by atoms with Gasteiger partial charge in [-0.05, 0) is 26.0 Å². The number of ether oxygens (including phenoxy) is 2. The number of thiazole rings is 1. The first kappa shape index (κ1) is 14.8. The molecule has 0 radical (unpaired) electrons. The smallest absolute Gasteiger partial charge is 0.127 e. The Balaban J connectivity index is 2.07. The first-order valence-electron chi connectivity index (χ1n) is 6.57. The second-order valence-electron chi connectivity index (χ2n) is 4.62. The average molecular weight is 292 g/mol. The predicted molar refractivity (Wildman–Crippen MR) is 81.6 cm³/mol. The fourth-order valence-electron chi connectivity index (χ4n) is 2.10. The summed E-state index contributed by atoms with van der Waals surface area (Å²) in [6, 6.07) is 5.61. The van der Waals surface area contributed by atoms with Crippen LogP contribution in [-0.2, 0) is 6.42 Å². The van der Waals surface area contributed by atoms with Crippen molar-refractivity contribution in [2.75, 3.05) is 13.7 Å². The first-order chi connectivity index (χ1) is 9.63. The van der Waals surface area contributed by atoms with E-state index in [0.29, 0.717) is 6.61 Å². The van der Waals surface area contributed by atoms with Crippen molar-refractivity contribution in [1.82, 2.24) is 4.98 Å². The van der Waals surface area contributed by atoms with Gasteiger partial charge >= 0.3 is 0 Å². The van der Waals surface area contributed by atoms with E-state index in [1.165, 1.54) is 4.88 Å². The molecule has 0 bridgehead atoms. The largest absolute Gasteiger partial charge is 0.496 e. The summed E-state index contributed by atoms with van der Waals surface area (Å²) in [5, 5.41) is 0. The van der Waals surface area contributed by atoms with Crippen LogP contribution in [0.3, 0.4) is 0 Å². The van der Waals surface area contributed by atoms with Crippen LogP contribution in [0.5, 0.6) is 11.5 Å². The second kappa shape index (κ2) is 6.72. The molecule has 0 unspecified atom stereocenters. The van der Waals surface area contributed by atoms with Crippen LogP contribution in [-0.4, -0.2) is 18.7 Å². The third-order valence-corrected chi connectivity index (χ3v) is 4.13. The molecule has 0 aliphatic rings. The zero-order valence-electron chi connectivity index (χ0n) is 12.1. The number of hydrogen-bond donors (Lipinski definition) is 1. The molecule has 2 N–H and O–H groups in total. The zero-order valence-corrected chi connectivity index (χ0v) is 12.9. The van der Waals surface area contributed by atoms with Gasteiger partial charge in [-0.2, -0.15) is 0 Å². The van der Waals surface area contributed by atoms with E-state index in [-0.39, 0.29) is 6.04 Å². The number of nitrogens with two attached hydrogens (primary N) is 1. The van der Waals surface area contributed by atoms with Crippen LogP contribution in [0.15, 0.2) is 23.7 Å². The van der Waals surface area contributed by atoms with E-state index in [1.807, 2.05) is 37.6 Å². The molecule has 108 valence electrons. The molecule has 0 amide bonds. The summed E-state index contributed by atoms with van der Waals surface area (Å²) in [4.78, 5) is 5.50. The van der Waals surface area contributed by atoms with Gasteiger partial charge < -0.3 is 15.2 Å². The predicted octanol–water partition coefficient (Wildman–Crippen LogP) is 3.10. The molecule has 2 aromatic rings. The third-order valence-electron chi connectivity index (χ3n) is 3.13. The Bertz CT molecular complexity index is 567. The maximum Gasteiger partial charge on any atom is 0.127 e. The zero-order chi connectivity index (χ0) is 14.5. The lowest BCUT2D eigenvalue weighted by molar-refractivity contribution is 0.313. The van der Waals surface area contributed by atoms with Crippen molar-refractivity contribution in [3.63, 3.8) is 0 Å².